The lowest BCUT2D eigenvalue weighted by Crippen LogP contribution is -2.24. The van der Waals surface area contributed by atoms with Crippen molar-refractivity contribution in [3.8, 4) is 0 Å². The molecule has 4 aromatic rings. The summed E-state index contributed by atoms with van der Waals surface area (Å²) >= 11 is 12.7. The number of hydrogen-bond acceptors (Lipinski definition) is 3. The summed E-state index contributed by atoms with van der Waals surface area (Å²) < 4.78 is 40.0. The third-order valence-corrected chi connectivity index (χ3v) is 5.81. The van der Waals surface area contributed by atoms with Crippen molar-refractivity contribution in [3.63, 3.8) is 0 Å². The number of para-hydroxylation sites is 1. The van der Waals surface area contributed by atoms with Gasteiger partial charge in [0.15, 0.2) is 0 Å². The number of benzene rings is 3. The second-order valence-corrected chi connectivity index (χ2v) is 7.99. The zero-order valence-electron chi connectivity index (χ0n) is 15.9. The van der Waals surface area contributed by atoms with Gasteiger partial charge in [0.25, 0.3) is 0 Å². The normalized spacial score (nSPS) is 13.7. The van der Waals surface area contributed by atoms with Gasteiger partial charge in [0.1, 0.15) is 6.67 Å². The topological polar surface area (TPSA) is 19.4 Å². The van der Waals surface area contributed by atoms with E-state index in [4.69, 9.17) is 23.2 Å². The molecular formula is C23H14Cl2F3N3. The molecule has 1 aliphatic rings. The summed E-state index contributed by atoms with van der Waals surface area (Å²) in [6.45, 7) is 0.272. The second-order valence-electron chi connectivity index (χ2n) is 7.15. The van der Waals surface area contributed by atoms with E-state index >= 15 is 0 Å². The summed E-state index contributed by atoms with van der Waals surface area (Å²) in [5, 5.41) is 1.87. The Bertz CT molecular complexity index is 1310. The number of fused-ring (bicyclic) bond motifs is 3. The fourth-order valence-electron chi connectivity index (χ4n) is 3.85. The summed E-state index contributed by atoms with van der Waals surface area (Å²) in [7, 11) is 0. The number of hydrogen-bond donors (Lipinski definition) is 0. The SMILES string of the molecule is FC(F)(F)c1cccc(N2CN(c3ccccc3Cl)c3c2cnc2ccc(Cl)cc32)c1. The van der Waals surface area contributed by atoms with Crippen molar-refractivity contribution < 1.29 is 13.2 Å². The zero-order valence-corrected chi connectivity index (χ0v) is 17.4. The molecule has 0 N–H and O–H groups in total. The largest absolute Gasteiger partial charge is 0.416 e. The molecule has 0 fully saturated rings. The van der Waals surface area contributed by atoms with Crippen LogP contribution < -0.4 is 9.80 Å². The fourth-order valence-corrected chi connectivity index (χ4v) is 4.26. The Morgan fingerprint density at radius 3 is 2.42 bits per heavy atom. The van der Waals surface area contributed by atoms with E-state index in [9.17, 15) is 13.2 Å². The number of rotatable bonds is 2. The highest BCUT2D eigenvalue weighted by Gasteiger charge is 2.34. The molecule has 0 radical (unpaired) electrons. The first kappa shape index (κ1) is 20.0. The van der Waals surface area contributed by atoms with E-state index in [1.807, 2.05) is 35.2 Å². The number of halogens is 5. The molecule has 0 saturated carbocycles. The van der Waals surface area contributed by atoms with Crippen molar-refractivity contribution in [2.24, 2.45) is 0 Å². The maximum Gasteiger partial charge on any atom is 0.416 e. The zero-order chi connectivity index (χ0) is 21.8. The van der Waals surface area contributed by atoms with Gasteiger partial charge in [0, 0.05) is 16.1 Å². The van der Waals surface area contributed by atoms with Crippen LogP contribution in [0.25, 0.3) is 10.9 Å². The Labute approximate surface area is 186 Å². The van der Waals surface area contributed by atoms with Crippen molar-refractivity contribution >= 4 is 56.9 Å². The van der Waals surface area contributed by atoms with Crippen molar-refractivity contribution in [1.82, 2.24) is 4.98 Å². The summed E-state index contributed by atoms with van der Waals surface area (Å²) in [6.07, 6.45) is -2.77. The molecule has 3 aromatic carbocycles. The quantitative estimate of drug-likeness (QED) is 0.304. The van der Waals surface area contributed by atoms with Crippen LogP contribution in [-0.4, -0.2) is 11.7 Å². The number of nitrogens with zero attached hydrogens (tertiary/aromatic N) is 3. The van der Waals surface area contributed by atoms with Gasteiger partial charge in [-0.05, 0) is 48.5 Å². The van der Waals surface area contributed by atoms with E-state index in [0.717, 1.165) is 34.4 Å². The molecule has 0 unspecified atom stereocenters. The lowest BCUT2D eigenvalue weighted by Gasteiger charge is -2.23. The summed E-state index contributed by atoms with van der Waals surface area (Å²) in [5.74, 6) is 0. The number of anilines is 4. The first-order valence-corrected chi connectivity index (χ1v) is 10.1. The maximum absolute atomic E-state index is 13.3. The van der Waals surface area contributed by atoms with Crippen LogP contribution in [0, 0.1) is 0 Å². The molecular weight excluding hydrogens is 446 g/mol. The van der Waals surface area contributed by atoms with Crippen LogP contribution >= 0.6 is 23.2 Å². The molecule has 0 saturated heterocycles. The monoisotopic (exact) mass is 459 g/mol. The van der Waals surface area contributed by atoms with Gasteiger partial charge in [-0.15, -0.1) is 0 Å². The van der Waals surface area contributed by atoms with Crippen LogP contribution in [0.3, 0.4) is 0 Å². The number of alkyl halides is 3. The number of aromatic nitrogens is 1. The molecule has 0 amide bonds. The van der Waals surface area contributed by atoms with E-state index in [1.54, 1.807) is 29.3 Å². The predicted molar refractivity (Wildman–Crippen MR) is 119 cm³/mol. The van der Waals surface area contributed by atoms with Gasteiger partial charge in [-0.25, -0.2) is 0 Å². The van der Waals surface area contributed by atoms with Gasteiger partial charge < -0.3 is 9.80 Å². The van der Waals surface area contributed by atoms with Crippen LogP contribution in [0.15, 0.2) is 72.9 Å². The average Bonchev–Trinajstić information content (AvgIpc) is 3.13. The lowest BCUT2D eigenvalue weighted by molar-refractivity contribution is -0.137. The van der Waals surface area contributed by atoms with Gasteiger partial charge in [0.05, 0.1) is 39.4 Å². The minimum Gasteiger partial charge on any atom is -0.320 e. The predicted octanol–water partition coefficient (Wildman–Crippen LogP) is 7.81. The maximum atomic E-state index is 13.3. The Morgan fingerprint density at radius 1 is 0.839 bits per heavy atom. The van der Waals surface area contributed by atoms with Crippen LogP contribution in [0.1, 0.15) is 5.56 Å². The standard InChI is InChI=1S/C23H14Cl2F3N3/c24-15-8-9-19-17(11-15)22-21(12-29-19)30(13-31(22)20-7-2-1-6-18(20)25)16-5-3-4-14(10-16)23(26,27)28/h1-12H,13H2. The van der Waals surface area contributed by atoms with E-state index in [0.29, 0.717) is 21.4 Å². The van der Waals surface area contributed by atoms with Gasteiger partial charge in [-0.2, -0.15) is 13.2 Å². The Morgan fingerprint density at radius 2 is 1.65 bits per heavy atom. The number of pyridine rings is 1. The highest BCUT2D eigenvalue weighted by atomic mass is 35.5. The fraction of sp³-hybridized carbons (Fsp3) is 0.0870. The molecule has 0 bridgehead atoms. The van der Waals surface area contributed by atoms with E-state index in [1.165, 1.54) is 6.07 Å². The minimum absolute atomic E-state index is 0.272. The smallest absolute Gasteiger partial charge is 0.320 e. The molecule has 1 aromatic heterocycles. The van der Waals surface area contributed by atoms with E-state index in [2.05, 4.69) is 4.98 Å². The van der Waals surface area contributed by atoms with Crippen molar-refractivity contribution in [2.75, 3.05) is 16.5 Å². The third-order valence-electron chi connectivity index (χ3n) is 5.25. The highest BCUT2D eigenvalue weighted by Crippen LogP contribution is 2.49. The molecule has 8 heteroatoms. The minimum atomic E-state index is -4.43. The van der Waals surface area contributed by atoms with E-state index in [-0.39, 0.29) is 6.67 Å². The highest BCUT2D eigenvalue weighted by molar-refractivity contribution is 6.34. The molecule has 2 heterocycles. The molecule has 31 heavy (non-hydrogen) atoms. The molecule has 0 atom stereocenters. The summed E-state index contributed by atoms with van der Waals surface area (Å²) in [6, 6.07) is 18.0. The van der Waals surface area contributed by atoms with Crippen LogP contribution in [-0.2, 0) is 6.18 Å². The Hall–Kier alpha value is -2.96. The van der Waals surface area contributed by atoms with Gasteiger partial charge in [-0.1, -0.05) is 41.4 Å². The molecule has 1 aliphatic heterocycles. The molecule has 0 spiro atoms. The molecule has 5 rings (SSSR count). The first-order valence-electron chi connectivity index (χ1n) is 9.38. The summed E-state index contributed by atoms with van der Waals surface area (Å²) in [4.78, 5) is 8.27. The third kappa shape index (κ3) is 3.46. The van der Waals surface area contributed by atoms with Gasteiger partial charge >= 0.3 is 6.18 Å². The van der Waals surface area contributed by atoms with Crippen molar-refractivity contribution in [3.05, 3.63) is 88.5 Å². The van der Waals surface area contributed by atoms with Gasteiger partial charge in [-0.3, -0.25) is 4.98 Å². The molecule has 3 nitrogen and oxygen atoms in total. The summed E-state index contributed by atoms with van der Waals surface area (Å²) in [5.41, 5.74) is 2.64. The Kier molecular flexibility index (Phi) is 4.72. The van der Waals surface area contributed by atoms with Crippen LogP contribution in [0.4, 0.5) is 35.9 Å². The van der Waals surface area contributed by atoms with Gasteiger partial charge in [0.2, 0.25) is 0 Å². The van der Waals surface area contributed by atoms with E-state index < -0.39 is 11.7 Å². The molecule has 156 valence electrons. The molecule has 0 aliphatic carbocycles. The van der Waals surface area contributed by atoms with Crippen molar-refractivity contribution in [2.45, 2.75) is 6.18 Å². The van der Waals surface area contributed by atoms with Crippen LogP contribution in [0.2, 0.25) is 10.0 Å². The Balaban J connectivity index is 1.74. The second kappa shape index (κ2) is 7.32. The lowest BCUT2D eigenvalue weighted by atomic mass is 10.1. The van der Waals surface area contributed by atoms with Crippen molar-refractivity contribution in [1.29, 1.82) is 0 Å². The van der Waals surface area contributed by atoms with Crippen LogP contribution in [0.5, 0.6) is 0 Å². The first-order chi connectivity index (χ1) is 14.8. The average molecular weight is 460 g/mol.